The average Bonchev–Trinajstić information content (AvgIpc) is 2.81. The Hall–Kier alpha value is -3.16. The second-order valence-corrected chi connectivity index (χ2v) is 8.81. The van der Waals surface area contributed by atoms with E-state index in [1.54, 1.807) is 49.4 Å². The lowest BCUT2D eigenvalue weighted by Crippen LogP contribution is -2.31. The van der Waals surface area contributed by atoms with Crippen molar-refractivity contribution in [3.05, 3.63) is 96.1 Å². The van der Waals surface area contributed by atoms with E-state index in [-0.39, 0.29) is 22.5 Å². The summed E-state index contributed by atoms with van der Waals surface area (Å²) in [5.41, 5.74) is 2.02. The Labute approximate surface area is 189 Å². The summed E-state index contributed by atoms with van der Waals surface area (Å²) in [6.45, 7) is 3.22. The van der Waals surface area contributed by atoms with E-state index < -0.39 is 10.1 Å². The first-order valence-corrected chi connectivity index (χ1v) is 11.9. The fourth-order valence-electron chi connectivity index (χ4n) is 3.21. The van der Waals surface area contributed by atoms with Gasteiger partial charge in [-0.25, -0.2) is 0 Å². The molecular weight excluding hydrogens is 426 g/mol. The van der Waals surface area contributed by atoms with E-state index in [0.29, 0.717) is 26.1 Å². The highest BCUT2D eigenvalue weighted by atomic mass is 32.2. The van der Waals surface area contributed by atoms with Crippen LogP contribution in [-0.2, 0) is 32.6 Å². The largest absolute Gasteiger partial charge is 0.466 e. The quantitative estimate of drug-likeness (QED) is 0.350. The highest BCUT2D eigenvalue weighted by Gasteiger charge is 2.21. The molecule has 1 N–H and O–H groups in total. The number of carbonyl (C=O) groups is 1. The van der Waals surface area contributed by atoms with E-state index in [1.807, 2.05) is 30.3 Å². The van der Waals surface area contributed by atoms with Crippen LogP contribution in [0.3, 0.4) is 0 Å². The minimum atomic E-state index is -3.89. The Kier molecular flexibility index (Phi) is 8.41. The fraction of sp³-hybridized carbons (Fsp3) is 0.240. The highest BCUT2D eigenvalue weighted by molar-refractivity contribution is 7.87. The van der Waals surface area contributed by atoms with E-state index in [0.717, 1.165) is 11.1 Å². The van der Waals surface area contributed by atoms with Crippen molar-refractivity contribution < 1.29 is 22.1 Å². The number of benzene rings is 3. The average molecular weight is 454 g/mol. The van der Waals surface area contributed by atoms with Gasteiger partial charge in [0.2, 0.25) is 0 Å². The number of esters is 1. The lowest BCUT2D eigenvalue weighted by atomic mass is 9.99. The van der Waals surface area contributed by atoms with Crippen LogP contribution in [0.1, 0.15) is 18.1 Å². The zero-order valence-corrected chi connectivity index (χ0v) is 18.8. The van der Waals surface area contributed by atoms with Crippen molar-refractivity contribution in [1.82, 2.24) is 5.32 Å². The van der Waals surface area contributed by atoms with Gasteiger partial charge in [0, 0.05) is 13.1 Å². The summed E-state index contributed by atoms with van der Waals surface area (Å²) in [6.07, 6.45) is 0.465. The van der Waals surface area contributed by atoms with Crippen LogP contribution >= 0.6 is 0 Å². The molecule has 0 fully saturated rings. The molecule has 0 spiro atoms. The summed E-state index contributed by atoms with van der Waals surface area (Å²) in [6, 6.07) is 24.6. The van der Waals surface area contributed by atoms with E-state index in [1.165, 1.54) is 12.1 Å². The summed E-state index contributed by atoms with van der Waals surface area (Å²) >= 11 is 0. The van der Waals surface area contributed by atoms with E-state index >= 15 is 0 Å². The molecule has 0 aliphatic heterocycles. The van der Waals surface area contributed by atoms with Crippen LogP contribution in [0.15, 0.2) is 89.8 Å². The molecule has 3 aromatic carbocycles. The lowest BCUT2D eigenvalue weighted by Gasteiger charge is -2.17. The predicted molar refractivity (Wildman–Crippen MR) is 123 cm³/mol. The van der Waals surface area contributed by atoms with Gasteiger partial charge in [0.05, 0.1) is 12.5 Å². The second-order valence-electron chi connectivity index (χ2n) is 7.26. The zero-order chi connectivity index (χ0) is 22.8. The van der Waals surface area contributed by atoms with Crippen molar-refractivity contribution in [3.63, 3.8) is 0 Å². The predicted octanol–water partition coefficient (Wildman–Crippen LogP) is 3.97. The van der Waals surface area contributed by atoms with Crippen molar-refractivity contribution in [1.29, 1.82) is 0 Å². The molecule has 0 aliphatic rings. The number of carbonyl (C=O) groups excluding carboxylic acids is 1. The third-order valence-corrected chi connectivity index (χ3v) is 6.09. The van der Waals surface area contributed by atoms with Crippen molar-refractivity contribution in [2.75, 3.05) is 13.2 Å². The third-order valence-electron chi connectivity index (χ3n) is 4.83. The summed E-state index contributed by atoms with van der Waals surface area (Å²) in [7, 11) is -3.89. The SMILES string of the molecule is CCOC(=O)C(CNCc1ccccc1)Cc1ccc(OS(=O)(=O)c2ccccc2)cc1. The Morgan fingerprint density at radius 3 is 2.12 bits per heavy atom. The summed E-state index contributed by atoms with van der Waals surface area (Å²) in [5.74, 6) is -0.411. The fourth-order valence-corrected chi connectivity index (χ4v) is 4.16. The van der Waals surface area contributed by atoms with Crippen LogP contribution in [-0.4, -0.2) is 27.5 Å². The van der Waals surface area contributed by atoms with Gasteiger partial charge < -0.3 is 14.2 Å². The molecule has 0 aliphatic carbocycles. The molecule has 0 heterocycles. The Morgan fingerprint density at radius 1 is 0.875 bits per heavy atom. The maximum absolute atomic E-state index is 12.4. The van der Waals surface area contributed by atoms with Gasteiger partial charge in [0.1, 0.15) is 10.6 Å². The van der Waals surface area contributed by atoms with Crippen molar-refractivity contribution in [3.8, 4) is 5.75 Å². The molecule has 3 aromatic rings. The van der Waals surface area contributed by atoms with Crippen LogP contribution in [0.4, 0.5) is 0 Å². The number of nitrogens with one attached hydrogen (secondary N) is 1. The summed E-state index contributed by atoms with van der Waals surface area (Å²) in [4.78, 5) is 12.5. The van der Waals surface area contributed by atoms with E-state index in [4.69, 9.17) is 8.92 Å². The van der Waals surface area contributed by atoms with Gasteiger partial charge in [0.25, 0.3) is 0 Å². The van der Waals surface area contributed by atoms with Crippen molar-refractivity contribution in [2.45, 2.75) is 24.8 Å². The lowest BCUT2D eigenvalue weighted by molar-refractivity contribution is -0.147. The molecule has 0 radical (unpaired) electrons. The van der Waals surface area contributed by atoms with Gasteiger partial charge in [-0.1, -0.05) is 60.7 Å². The zero-order valence-electron chi connectivity index (χ0n) is 17.9. The number of hydrogen-bond acceptors (Lipinski definition) is 6. The first kappa shape index (κ1) is 23.5. The molecule has 32 heavy (non-hydrogen) atoms. The molecule has 7 heteroatoms. The molecule has 0 saturated heterocycles. The first-order chi connectivity index (χ1) is 15.5. The van der Waals surface area contributed by atoms with Gasteiger partial charge in [-0.05, 0) is 48.7 Å². The molecule has 168 valence electrons. The smallest absolute Gasteiger partial charge is 0.339 e. The molecule has 1 unspecified atom stereocenters. The van der Waals surface area contributed by atoms with Crippen molar-refractivity contribution in [2.24, 2.45) is 5.92 Å². The summed E-state index contributed by atoms with van der Waals surface area (Å²) < 4.78 is 35.2. The maximum Gasteiger partial charge on any atom is 0.339 e. The molecule has 6 nitrogen and oxygen atoms in total. The monoisotopic (exact) mass is 453 g/mol. The molecule has 0 amide bonds. The Bertz CT molecular complexity index is 1080. The van der Waals surface area contributed by atoms with Crippen LogP contribution in [0, 0.1) is 5.92 Å². The van der Waals surface area contributed by atoms with Gasteiger partial charge in [0.15, 0.2) is 0 Å². The van der Waals surface area contributed by atoms with Crippen LogP contribution < -0.4 is 9.50 Å². The number of ether oxygens (including phenoxy) is 1. The normalized spacial score (nSPS) is 12.2. The van der Waals surface area contributed by atoms with Crippen LogP contribution in [0.2, 0.25) is 0 Å². The van der Waals surface area contributed by atoms with Gasteiger partial charge in [-0.15, -0.1) is 0 Å². The molecule has 1 atom stereocenters. The number of rotatable bonds is 11. The minimum absolute atomic E-state index is 0.0935. The summed E-state index contributed by atoms with van der Waals surface area (Å²) in [5, 5.41) is 3.32. The highest BCUT2D eigenvalue weighted by Crippen LogP contribution is 2.20. The minimum Gasteiger partial charge on any atom is -0.466 e. The molecule has 0 bridgehead atoms. The van der Waals surface area contributed by atoms with Gasteiger partial charge in [-0.3, -0.25) is 4.79 Å². The van der Waals surface area contributed by atoms with Crippen LogP contribution in [0.5, 0.6) is 5.75 Å². The molecular formula is C25H27NO5S. The molecule has 0 aromatic heterocycles. The van der Waals surface area contributed by atoms with Crippen LogP contribution in [0.25, 0.3) is 0 Å². The Morgan fingerprint density at radius 2 is 1.50 bits per heavy atom. The second kappa shape index (κ2) is 11.5. The van der Waals surface area contributed by atoms with Crippen molar-refractivity contribution >= 4 is 16.1 Å². The standard InChI is InChI=1S/C25H27NO5S/c1-2-30-25(27)22(19-26-18-21-9-5-3-6-10-21)17-20-13-15-23(16-14-20)31-32(28,29)24-11-7-4-8-12-24/h3-16,22,26H,2,17-19H2,1H3. The third kappa shape index (κ3) is 6.93. The van der Waals surface area contributed by atoms with E-state index in [2.05, 4.69) is 5.32 Å². The first-order valence-electron chi connectivity index (χ1n) is 10.5. The molecule has 3 rings (SSSR count). The Balaban J connectivity index is 1.62. The van der Waals surface area contributed by atoms with E-state index in [9.17, 15) is 13.2 Å². The number of hydrogen-bond donors (Lipinski definition) is 1. The topological polar surface area (TPSA) is 81.7 Å². The maximum atomic E-state index is 12.4. The van der Waals surface area contributed by atoms with Gasteiger partial charge >= 0.3 is 16.1 Å². The van der Waals surface area contributed by atoms with Gasteiger partial charge in [-0.2, -0.15) is 8.42 Å². The molecule has 0 saturated carbocycles.